The van der Waals surface area contributed by atoms with E-state index < -0.39 is 33.2 Å². The standard InChI is InChI=1S/C20H21ClF2N2O4S/c1-20(2,29-18-8-3-14(21)13-17(18)23)19(26)24-9-11-25(12-10-24)30(27,28)16-6-4-15(22)5-7-16/h3-8,13H,9-12H2,1-2H3. The molecule has 0 unspecified atom stereocenters. The molecule has 6 nitrogen and oxygen atoms in total. The van der Waals surface area contributed by atoms with Gasteiger partial charge in [0.1, 0.15) is 5.82 Å². The number of nitrogens with zero attached hydrogens (tertiary/aromatic N) is 2. The highest BCUT2D eigenvalue weighted by atomic mass is 35.5. The van der Waals surface area contributed by atoms with E-state index >= 15 is 0 Å². The molecule has 10 heteroatoms. The average molecular weight is 459 g/mol. The van der Waals surface area contributed by atoms with Gasteiger partial charge in [-0.2, -0.15) is 4.31 Å². The van der Waals surface area contributed by atoms with Crippen LogP contribution in [0.2, 0.25) is 5.02 Å². The number of amides is 1. The van der Waals surface area contributed by atoms with Crippen LogP contribution in [0, 0.1) is 11.6 Å². The molecule has 0 aromatic heterocycles. The number of hydrogen-bond acceptors (Lipinski definition) is 4. The van der Waals surface area contributed by atoms with Crippen molar-refractivity contribution in [3.8, 4) is 5.75 Å². The van der Waals surface area contributed by atoms with Crippen molar-refractivity contribution in [3.05, 3.63) is 59.1 Å². The Bertz CT molecular complexity index is 1040. The Morgan fingerprint density at radius 2 is 1.63 bits per heavy atom. The molecule has 1 saturated heterocycles. The van der Waals surface area contributed by atoms with Crippen molar-refractivity contribution in [3.63, 3.8) is 0 Å². The number of benzene rings is 2. The Morgan fingerprint density at radius 3 is 2.20 bits per heavy atom. The van der Waals surface area contributed by atoms with E-state index in [9.17, 15) is 22.0 Å². The minimum atomic E-state index is -3.79. The van der Waals surface area contributed by atoms with E-state index in [2.05, 4.69) is 0 Å². The predicted molar refractivity (Wildman–Crippen MR) is 108 cm³/mol. The smallest absolute Gasteiger partial charge is 0.266 e. The molecule has 1 heterocycles. The van der Waals surface area contributed by atoms with Gasteiger partial charge >= 0.3 is 0 Å². The van der Waals surface area contributed by atoms with E-state index in [-0.39, 0.29) is 41.8 Å². The summed E-state index contributed by atoms with van der Waals surface area (Å²) in [6, 6.07) is 8.49. The van der Waals surface area contributed by atoms with Crippen LogP contribution in [0.15, 0.2) is 47.4 Å². The Morgan fingerprint density at radius 1 is 1.03 bits per heavy atom. The molecular weight excluding hydrogens is 438 g/mol. The van der Waals surface area contributed by atoms with Crippen LogP contribution in [0.3, 0.4) is 0 Å². The lowest BCUT2D eigenvalue weighted by atomic mass is 10.1. The number of hydrogen-bond donors (Lipinski definition) is 0. The van der Waals surface area contributed by atoms with E-state index in [0.29, 0.717) is 0 Å². The van der Waals surface area contributed by atoms with Gasteiger partial charge in [-0.05, 0) is 56.3 Å². The average Bonchev–Trinajstić information content (AvgIpc) is 2.70. The minimum Gasteiger partial charge on any atom is -0.475 e. The molecule has 3 rings (SSSR count). The van der Waals surface area contributed by atoms with Gasteiger partial charge in [0.25, 0.3) is 5.91 Å². The second-order valence-corrected chi connectivity index (χ2v) is 9.71. The highest BCUT2D eigenvalue weighted by Crippen LogP contribution is 2.27. The molecule has 1 amide bonds. The molecule has 0 N–H and O–H groups in total. The first-order chi connectivity index (χ1) is 14.0. The van der Waals surface area contributed by atoms with E-state index in [4.69, 9.17) is 16.3 Å². The lowest BCUT2D eigenvalue weighted by Crippen LogP contribution is -2.56. The van der Waals surface area contributed by atoms with Crippen LogP contribution in [-0.2, 0) is 14.8 Å². The van der Waals surface area contributed by atoms with Gasteiger partial charge in [0.15, 0.2) is 17.2 Å². The topological polar surface area (TPSA) is 66.9 Å². The molecule has 2 aromatic rings. The molecule has 0 bridgehead atoms. The van der Waals surface area contributed by atoms with Gasteiger partial charge in [-0.15, -0.1) is 0 Å². The normalized spacial score (nSPS) is 15.8. The van der Waals surface area contributed by atoms with Gasteiger partial charge < -0.3 is 9.64 Å². The maximum absolute atomic E-state index is 14.0. The van der Waals surface area contributed by atoms with Gasteiger partial charge in [-0.3, -0.25) is 4.79 Å². The number of carbonyl (C=O) groups excluding carboxylic acids is 1. The molecule has 162 valence electrons. The van der Waals surface area contributed by atoms with E-state index in [0.717, 1.165) is 18.2 Å². The molecule has 1 aliphatic rings. The van der Waals surface area contributed by atoms with Gasteiger partial charge in [0.05, 0.1) is 4.90 Å². The number of carbonyl (C=O) groups is 1. The number of piperazine rings is 1. The minimum absolute atomic E-state index is 0.00875. The summed E-state index contributed by atoms with van der Waals surface area (Å²) in [6.45, 7) is 3.49. The van der Waals surface area contributed by atoms with Crippen molar-refractivity contribution in [1.29, 1.82) is 0 Å². The molecule has 2 aromatic carbocycles. The fraction of sp³-hybridized carbons (Fsp3) is 0.350. The quantitative estimate of drug-likeness (QED) is 0.689. The van der Waals surface area contributed by atoms with Crippen molar-refractivity contribution in [2.75, 3.05) is 26.2 Å². The molecule has 0 radical (unpaired) electrons. The molecule has 0 spiro atoms. The maximum atomic E-state index is 14.0. The molecule has 0 saturated carbocycles. The summed E-state index contributed by atoms with van der Waals surface area (Å²) < 4.78 is 59.3. The van der Waals surface area contributed by atoms with Crippen molar-refractivity contribution in [1.82, 2.24) is 9.21 Å². The van der Waals surface area contributed by atoms with Crippen LogP contribution >= 0.6 is 11.6 Å². The summed E-state index contributed by atoms with van der Waals surface area (Å²) in [5, 5.41) is 0.211. The number of ether oxygens (including phenoxy) is 1. The molecule has 0 aliphatic carbocycles. The largest absolute Gasteiger partial charge is 0.475 e. The van der Waals surface area contributed by atoms with Crippen molar-refractivity contribution >= 4 is 27.5 Å². The zero-order chi connectivity index (χ0) is 22.1. The summed E-state index contributed by atoms with van der Waals surface area (Å²) in [6.07, 6.45) is 0. The Balaban J connectivity index is 1.66. The first-order valence-corrected chi connectivity index (χ1v) is 11.0. The summed E-state index contributed by atoms with van der Waals surface area (Å²) in [5.41, 5.74) is -1.37. The van der Waals surface area contributed by atoms with Crippen molar-refractivity contribution in [2.24, 2.45) is 0 Å². The predicted octanol–water partition coefficient (Wildman–Crippen LogP) is 3.31. The number of sulfonamides is 1. The Labute approximate surface area is 179 Å². The molecule has 30 heavy (non-hydrogen) atoms. The SMILES string of the molecule is CC(C)(Oc1ccc(Cl)cc1F)C(=O)N1CCN(S(=O)(=O)c2ccc(F)cc2)CC1. The van der Waals surface area contributed by atoms with Crippen LogP contribution < -0.4 is 4.74 Å². The highest BCUT2D eigenvalue weighted by molar-refractivity contribution is 7.89. The van der Waals surface area contributed by atoms with Crippen molar-refractivity contribution in [2.45, 2.75) is 24.3 Å². The summed E-state index contributed by atoms with van der Waals surface area (Å²) in [7, 11) is -3.79. The Kier molecular flexibility index (Phi) is 6.35. The zero-order valence-corrected chi connectivity index (χ0v) is 18.0. The van der Waals surface area contributed by atoms with Gasteiger partial charge in [0.2, 0.25) is 10.0 Å². The van der Waals surface area contributed by atoms with Gasteiger partial charge in [0, 0.05) is 31.2 Å². The number of halogens is 3. The third-order valence-electron chi connectivity index (χ3n) is 4.75. The second-order valence-electron chi connectivity index (χ2n) is 7.34. The molecule has 0 atom stereocenters. The Hall–Kier alpha value is -2.23. The maximum Gasteiger partial charge on any atom is 0.266 e. The third-order valence-corrected chi connectivity index (χ3v) is 6.90. The zero-order valence-electron chi connectivity index (χ0n) is 16.4. The van der Waals surface area contributed by atoms with Crippen LogP contribution in [0.4, 0.5) is 8.78 Å². The summed E-state index contributed by atoms with van der Waals surface area (Å²) >= 11 is 5.73. The molecule has 1 aliphatic heterocycles. The van der Waals surface area contributed by atoms with Gasteiger partial charge in [-0.1, -0.05) is 11.6 Å². The molecular formula is C20H21ClF2N2O4S. The summed E-state index contributed by atoms with van der Waals surface area (Å²) in [5.74, 6) is -1.70. The monoisotopic (exact) mass is 458 g/mol. The fourth-order valence-corrected chi connectivity index (χ4v) is 4.73. The van der Waals surface area contributed by atoms with Crippen LogP contribution in [-0.4, -0.2) is 55.3 Å². The van der Waals surface area contributed by atoms with Crippen LogP contribution in [0.5, 0.6) is 5.75 Å². The first kappa shape index (κ1) is 22.5. The lowest BCUT2D eigenvalue weighted by Gasteiger charge is -2.38. The van der Waals surface area contributed by atoms with Gasteiger partial charge in [-0.25, -0.2) is 17.2 Å². The highest BCUT2D eigenvalue weighted by Gasteiger charge is 2.38. The van der Waals surface area contributed by atoms with E-state index in [1.807, 2.05) is 0 Å². The second kappa shape index (κ2) is 8.49. The lowest BCUT2D eigenvalue weighted by molar-refractivity contribution is -0.146. The van der Waals surface area contributed by atoms with Crippen molar-refractivity contribution < 1.29 is 26.7 Å². The van der Waals surface area contributed by atoms with Crippen LogP contribution in [0.1, 0.15) is 13.8 Å². The fourth-order valence-electron chi connectivity index (χ4n) is 3.14. The molecule has 1 fully saturated rings. The van der Waals surface area contributed by atoms with E-state index in [1.54, 1.807) is 0 Å². The summed E-state index contributed by atoms with van der Waals surface area (Å²) in [4.78, 5) is 14.4. The third kappa shape index (κ3) is 4.74. The number of rotatable bonds is 5. The van der Waals surface area contributed by atoms with E-state index in [1.165, 1.54) is 47.3 Å². The first-order valence-electron chi connectivity index (χ1n) is 9.20. The van der Waals surface area contributed by atoms with Crippen LogP contribution in [0.25, 0.3) is 0 Å².